The number of pyridine rings is 1. The average molecular weight is 245 g/mol. The van der Waals surface area contributed by atoms with Crippen LogP contribution in [-0.2, 0) is 0 Å². The summed E-state index contributed by atoms with van der Waals surface area (Å²) < 4.78 is 13.5. The summed E-state index contributed by atoms with van der Waals surface area (Å²) in [5.41, 5.74) is 1.75. The summed E-state index contributed by atoms with van der Waals surface area (Å²) in [6.45, 7) is 0. The lowest BCUT2D eigenvalue weighted by molar-refractivity contribution is 0.628. The van der Waals surface area contributed by atoms with Crippen LogP contribution in [0.1, 0.15) is 0 Å². The number of hydrogen-bond acceptors (Lipinski definition) is 2. The first-order valence-electron chi connectivity index (χ1n) is 5.11. The predicted molar refractivity (Wildman–Crippen MR) is 67.8 cm³/mol. The molecule has 3 rings (SSSR count). The van der Waals surface area contributed by atoms with Gasteiger partial charge in [-0.05, 0) is 23.8 Å². The third-order valence-corrected chi connectivity index (χ3v) is 3.76. The standard InChI is InChI=1S/C13H8FNOS/c14-9-3-1-8(2-4-9)12-7-10-13(17-12)11(16)5-6-15-10/h1-7H,(H,15,16). The Hall–Kier alpha value is -1.94. The van der Waals surface area contributed by atoms with Crippen LogP contribution in [-0.4, -0.2) is 4.98 Å². The molecule has 4 heteroatoms. The fraction of sp³-hybridized carbons (Fsp3) is 0. The Morgan fingerprint density at radius 2 is 1.88 bits per heavy atom. The molecule has 2 aromatic heterocycles. The maximum absolute atomic E-state index is 12.8. The zero-order valence-corrected chi connectivity index (χ0v) is 9.55. The Bertz CT molecular complexity index is 727. The maximum atomic E-state index is 12.8. The van der Waals surface area contributed by atoms with Crippen molar-refractivity contribution >= 4 is 21.6 Å². The third kappa shape index (κ3) is 1.76. The first-order chi connectivity index (χ1) is 8.24. The van der Waals surface area contributed by atoms with Crippen molar-refractivity contribution in [3.8, 4) is 10.4 Å². The minimum atomic E-state index is -0.258. The zero-order valence-electron chi connectivity index (χ0n) is 8.74. The lowest BCUT2D eigenvalue weighted by Crippen LogP contribution is -1.95. The second-order valence-electron chi connectivity index (χ2n) is 3.70. The van der Waals surface area contributed by atoms with Crippen molar-refractivity contribution in [2.45, 2.75) is 0 Å². The second kappa shape index (κ2) is 3.82. The monoisotopic (exact) mass is 245 g/mol. The van der Waals surface area contributed by atoms with Gasteiger partial charge in [0, 0.05) is 17.1 Å². The van der Waals surface area contributed by atoms with Crippen molar-refractivity contribution in [3.63, 3.8) is 0 Å². The van der Waals surface area contributed by atoms with Crippen molar-refractivity contribution in [3.05, 3.63) is 58.6 Å². The summed E-state index contributed by atoms with van der Waals surface area (Å²) in [7, 11) is 0. The van der Waals surface area contributed by atoms with Crippen LogP contribution in [0.15, 0.2) is 47.4 Å². The van der Waals surface area contributed by atoms with Gasteiger partial charge in [0.05, 0.1) is 10.2 Å². The van der Waals surface area contributed by atoms with Gasteiger partial charge in [-0.2, -0.15) is 0 Å². The van der Waals surface area contributed by atoms with E-state index in [-0.39, 0.29) is 11.2 Å². The molecule has 0 atom stereocenters. The van der Waals surface area contributed by atoms with E-state index in [4.69, 9.17) is 0 Å². The van der Waals surface area contributed by atoms with Gasteiger partial charge in [0.15, 0.2) is 5.43 Å². The Labute approximate surface area is 100 Å². The van der Waals surface area contributed by atoms with E-state index >= 15 is 0 Å². The number of rotatable bonds is 1. The highest BCUT2D eigenvalue weighted by Gasteiger charge is 2.06. The smallest absolute Gasteiger partial charge is 0.199 e. The topological polar surface area (TPSA) is 32.9 Å². The second-order valence-corrected chi connectivity index (χ2v) is 4.75. The van der Waals surface area contributed by atoms with Crippen LogP contribution in [0, 0.1) is 5.82 Å². The molecule has 0 aliphatic carbocycles. The lowest BCUT2D eigenvalue weighted by Gasteiger charge is -1.95. The number of thiophene rings is 1. The van der Waals surface area contributed by atoms with Gasteiger partial charge >= 0.3 is 0 Å². The molecule has 0 aliphatic rings. The highest BCUT2D eigenvalue weighted by Crippen LogP contribution is 2.30. The largest absolute Gasteiger partial charge is 0.360 e. The van der Waals surface area contributed by atoms with Gasteiger partial charge in [-0.15, -0.1) is 11.3 Å². The Morgan fingerprint density at radius 3 is 2.59 bits per heavy atom. The van der Waals surface area contributed by atoms with Gasteiger partial charge in [-0.25, -0.2) is 4.39 Å². The molecule has 0 amide bonds. The van der Waals surface area contributed by atoms with Gasteiger partial charge in [-0.1, -0.05) is 12.1 Å². The van der Waals surface area contributed by atoms with Crippen LogP contribution in [0.25, 0.3) is 20.7 Å². The minimum Gasteiger partial charge on any atom is -0.360 e. The van der Waals surface area contributed by atoms with Crippen LogP contribution >= 0.6 is 11.3 Å². The van der Waals surface area contributed by atoms with Crippen molar-refractivity contribution in [1.29, 1.82) is 0 Å². The number of aromatic amines is 1. The van der Waals surface area contributed by atoms with E-state index in [0.29, 0.717) is 4.70 Å². The predicted octanol–water partition coefficient (Wildman–Crippen LogP) is 3.40. The van der Waals surface area contributed by atoms with Crippen LogP contribution in [0.4, 0.5) is 4.39 Å². The Morgan fingerprint density at radius 1 is 1.12 bits per heavy atom. The van der Waals surface area contributed by atoms with E-state index in [2.05, 4.69) is 4.98 Å². The summed E-state index contributed by atoms with van der Waals surface area (Å²) in [4.78, 5) is 15.6. The number of hydrogen-bond donors (Lipinski definition) is 1. The first-order valence-corrected chi connectivity index (χ1v) is 5.93. The SMILES string of the molecule is O=c1cc[nH]c2cc(-c3ccc(F)cc3)sc12. The van der Waals surface area contributed by atoms with Gasteiger partial charge in [0.2, 0.25) is 0 Å². The van der Waals surface area contributed by atoms with Crippen molar-refractivity contribution in [2.24, 2.45) is 0 Å². The van der Waals surface area contributed by atoms with Crippen molar-refractivity contribution < 1.29 is 4.39 Å². The minimum absolute atomic E-state index is 0.0112. The molecule has 1 N–H and O–H groups in total. The molecule has 0 saturated heterocycles. The molecular weight excluding hydrogens is 237 g/mol. The van der Waals surface area contributed by atoms with Crippen LogP contribution < -0.4 is 5.43 Å². The van der Waals surface area contributed by atoms with E-state index < -0.39 is 0 Å². The molecule has 0 aliphatic heterocycles. The fourth-order valence-corrected chi connectivity index (χ4v) is 2.77. The molecule has 3 aromatic rings. The highest BCUT2D eigenvalue weighted by molar-refractivity contribution is 7.22. The molecule has 0 saturated carbocycles. The number of benzene rings is 1. The highest BCUT2D eigenvalue weighted by atomic mass is 32.1. The summed E-state index contributed by atoms with van der Waals surface area (Å²) >= 11 is 1.42. The van der Waals surface area contributed by atoms with Crippen LogP contribution in [0.3, 0.4) is 0 Å². The normalized spacial score (nSPS) is 10.9. The summed E-state index contributed by atoms with van der Waals surface area (Å²) in [5, 5.41) is 0. The molecule has 0 bridgehead atoms. The molecule has 2 heterocycles. The molecular formula is C13H8FNOS. The summed E-state index contributed by atoms with van der Waals surface area (Å²) in [5.74, 6) is -0.258. The van der Waals surface area contributed by atoms with Gasteiger partial charge in [0.1, 0.15) is 5.82 Å². The fourth-order valence-electron chi connectivity index (χ4n) is 1.72. The summed E-state index contributed by atoms with van der Waals surface area (Å²) in [6, 6.07) is 9.68. The van der Waals surface area contributed by atoms with Crippen LogP contribution in [0.5, 0.6) is 0 Å². The van der Waals surface area contributed by atoms with Gasteiger partial charge in [0.25, 0.3) is 0 Å². The molecule has 0 radical (unpaired) electrons. The number of fused-ring (bicyclic) bond motifs is 1. The van der Waals surface area contributed by atoms with E-state index in [1.165, 1.54) is 29.5 Å². The molecule has 2 nitrogen and oxygen atoms in total. The molecule has 0 spiro atoms. The molecule has 84 valence electrons. The summed E-state index contributed by atoms with van der Waals surface area (Å²) in [6.07, 6.45) is 1.63. The van der Waals surface area contributed by atoms with Crippen LogP contribution in [0.2, 0.25) is 0 Å². The first kappa shape index (κ1) is 10.2. The van der Waals surface area contributed by atoms with Crippen molar-refractivity contribution in [1.82, 2.24) is 4.98 Å². The van der Waals surface area contributed by atoms with Gasteiger partial charge < -0.3 is 4.98 Å². The van der Waals surface area contributed by atoms with E-state index in [1.807, 2.05) is 6.07 Å². The molecule has 17 heavy (non-hydrogen) atoms. The number of halogens is 1. The van der Waals surface area contributed by atoms with E-state index in [1.54, 1.807) is 18.3 Å². The lowest BCUT2D eigenvalue weighted by atomic mass is 10.2. The third-order valence-electron chi connectivity index (χ3n) is 2.56. The Balaban J connectivity index is 2.21. The maximum Gasteiger partial charge on any atom is 0.199 e. The zero-order chi connectivity index (χ0) is 11.8. The van der Waals surface area contributed by atoms with E-state index in [9.17, 15) is 9.18 Å². The quantitative estimate of drug-likeness (QED) is 0.700. The number of aromatic nitrogens is 1. The molecule has 0 fully saturated rings. The number of H-pyrrole nitrogens is 1. The molecule has 0 unspecified atom stereocenters. The number of nitrogens with one attached hydrogen (secondary N) is 1. The van der Waals surface area contributed by atoms with Crippen molar-refractivity contribution in [2.75, 3.05) is 0 Å². The average Bonchev–Trinajstić information content (AvgIpc) is 2.75. The Kier molecular flexibility index (Phi) is 2.30. The molecule has 1 aromatic carbocycles. The van der Waals surface area contributed by atoms with Gasteiger partial charge in [-0.3, -0.25) is 4.79 Å². The van der Waals surface area contributed by atoms with E-state index in [0.717, 1.165) is 16.0 Å².